The predicted octanol–water partition coefficient (Wildman–Crippen LogP) is 4.91. The Morgan fingerprint density at radius 1 is 1.27 bits per heavy atom. The first kappa shape index (κ1) is 17.7. The number of imidazole rings is 2. The third kappa shape index (κ3) is 3.61. The Morgan fingerprint density at radius 3 is 2.77 bits per heavy atom. The van der Waals surface area contributed by atoms with Gasteiger partial charge in [0.2, 0.25) is 0 Å². The second-order valence-corrected chi connectivity index (χ2v) is 5.62. The van der Waals surface area contributed by atoms with Gasteiger partial charge in [0.1, 0.15) is 11.5 Å². The van der Waals surface area contributed by atoms with Gasteiger partial charge in [0.25, 0.3) is 6.43 Å². The highest BCUT2D eigenvalue weighted by atomic mass is 19.3. The molecule has 3 heterocycles. The molecule has 3 aromatic rings. The number of rotatable bonds is 6. The van der Waals surface area contributed by atoms with Gasteiger partial charge in [-0.3, -0.25) is 0 Å². The Balaban J connectivity index is 2.16. The first-order valence-corrected chi connectivity index (χ1v) is 7.95. The van der Waals surface area contributed by atoms with Crippen LogP contribution in [0.5, 0.6) is 0 Å². The predicted molar refractivity (Wildman–Crippen MR) is 95.5 cm³/mol. The zero-order valence-electron chi connectivity index (χ0n) is 14.1. The lowest BCUT2D eigenvalue weighted by molar-refractivity contribution is 0.127. The van der Waals surface area contributed by atoms with Gasteiger partial charge in [-0.05, 0) is 30.7 Å². The summed E-state index contributed by atoms with van der Waals surface area (Å²) in [6.07, 6.45) is 8.56. The fourth-order valence-electron chi connectivity index (χ4n) is 2.74. The van der Waals surface area contributed by atoms with Gasteiger partial charge in [0, 0.05) is 24.2 Å². The van der Waals surface area contributed by atoms with Crippen molar-refractivity contribution in [2.24, 2.45) is 0 Å². The molecule has 26 heavy (non-hydrogen) atoms. The van der Waals surface area contributed by atoms with Crippen LogP contribution in [0, 0.1) is 0 Å². The Labute approximate surface area is 148 Å². The number of aromatic nitrogens is 4. The number of fused-ring (bicyclic) bond motifs is 1. The molecule has 0 aliphatic rings. The molecule has 0 saturated carbocycles. The summed E-state index contributed by atoms with van der Waals surface area (Å²) in [6.45, 7) is 4.48. The summed E-state index contributed by atoms with van der Waals surface area (Å²) >= 11 is 0. The Bertz CT molecular complexity index is 995. The van der Waals surface area contributed by atoms with Gasteiger partial charge in [-0.25, -0.2) is 23.1 Å². The van der Waals surface area contributed by atoms with Crippen molar-refractivity contribution in [3.05, 3.63) is 73.4 Å². The fourth-order valence-corrected chi connectivity index (χ4v) is 2.74. The molecule has 7 heteroatoms. The van der Waals surface area contributed by atoms with Crippen molar-refractivity contribution in [3.63, 3.8) is 0 Å². The van der Waals surface area contributed by atoms with Crippen LogP contribution in [0.25, 0.3) is 22.5 Å². The first-order valence-electron chi connectivity index (χ1n) is 7.95. The van der Waals surface area contributed by atoms with Crippen LogP contribution in [-0.4, -0.2) is 25.4 Å². The maximum atomic E-state index is 13.0. The molecule has 0 amide bonds. The highest BCUT2D eigenvalue weighted by Gasteiger charge is 2.18. The molecule has 0 aliphatic heterocycles. The van der Waals surface area contributed by atoms with Crippen molar-refractivity contribution in [1.29, 1.82) is 0 Å². The monoisotopic (exact) mass is 358 g/mol. The zero-order valence-corrected chi connectivity index (χ0v) is 14.1. The molecule has 134 valence electrons. The zero-order chi connectivity index (χ0) is 18.7. The molecule has 4 nitrogen and oxygen atoms in total. The Hall–Kier alpha value is -3.09. The number of halogens is 3. The fraction of sp³-hybridized carbons (Fsp3) is 0.158. The van der Waals surface area contributed by atoms with E-state index < -0.39 is 18.8 Å². The van der Waals surface area contributed by atoms with Crippen molar-refractivity contribution >= 4 is 11.2 Å². The standard InChI is InChI=1S/C19H17F3N4/c1-3-14(5-4-13(2)20)18-19(26(12-24-18)11-16(21)22)15-6-7-17-23-8-9-25(17)10-15/h3-10,12,16H,2,11H2,1H3/b5-4-,14-3+. The minimum absolute atomic E-state index is 0.485. The molecular formula is C19H17F3N4. The van der Waals surface area contributed by atoms with E-state index in [4.69, 9.17) is 0 Å². The number of alkyl halides is 2. The second kappa shape index (κ2) is 7.43. The van der Waals surface area contributed by atoms with Crippen molar-refractivity contribution in [3.8, 4) is 11.3 Å². The van der Waals surface area contributed by atoms with E-state index in [9.17, 15) is 13.2 Å². The lowest BCUT2D eigenvalue weighted by Gasteiger charge is -2.11. The van der Waals surface area contributed by atoms with Gasteiger partial charge < -0.3 is 8.97 Å². The highest BCUT2D eigenvalue weighted by Crippen LogP contribution is 2.30. The molecule has 0 bridgehead atoms. The van der Waals surface area contributed by atoms with Crippen molar-refractivity contribution in [2.75, 3.05) is 0 Å². The minimum atomic E-state index is -2.53. The molecule has 0 saturated heterocycles. The average molecular weight is 358 g/mol. The van der Waals surface area contributed by atoms with E-state index in [-0.39, 0.29) is 0 Å². The maximum absolute atomic E-state index is 13.0. The number of hydrogen-bond donors (Lipinski definition) is 0. The molecule has 0 radical (unpaired) electrons. The molecule has 3 rings (SSSR count). The number of hydrogen-bond acceptors (Lipinski definition) is 2. The molecule has 0 aliphatic carbocycles. The van der Waals surface area contributed by atoms with Gasteiger partial charge in [-0.1, -0.05) is 18.7 Å². The molecule has 0 spiro atoms. The smallest absolute Gasteiger partial charge is 0.256 e. The summed E-state index contributed by atoms with van der Waals surface area (Å²) in [5.41, 5.74) is 3.08. The molecule has 0 unspecified atom stereocenters. The van der Waals surface area contributed by atoms with E-state index in [0.717, 1.165) is 5.65 Å². The van der Waals surface area contributed by atoms with Crippen LogP contribution in [-0.2, 0) is 6.54 Å². The summed E-state index contributed by atoms with van der Waals surface area (Å²) in [6, 6.07) is 3.60. The summed E-state index contributed by atoms with van der Waals surface area (Å²) in [5, 5.41) is 0. The molecule has 0 N–H and O–H groups in total. The van der Waals surface area contributed by atoms with Gasteiger partial charge in [-0.15, -0.1) is 0 Å². The number of pyridine rings is 1. The van der Waals surface area contributed by atoms with Crippen LogP contribution in [0.2, 0.25) is 0 Å². The third-order valence-corrected chi connectivity index (χ3v) is 3.86. The average Bonchev–Trinajstić information content (AvgIpc) is 3.21. The van der Waals surface area contributed by atoms with E-state index in [1.54, 1.807) is 48.1 Å². The summed E-state index contributed by atoms with van der Waals surface area (Å²) in [7, 11) is 0. The van der Waals surface area contributed by atoms with Crippen LogP contribution < -0.4 is 0 Å². The Kier molecular flexibility index (Phi) is 5.06. The lowest BCUT2D eigenvalue weighted by Crippen LogP contribution is -2.07. The molecule has 0 aromatic carbocycles. The van der Waals surface area contributed by atoms with Gasteiger partial charge >= 0.3 is 0 Å². The number of allylic oxidation sites excluding steroid dienone is 5. The SMILES string of the molecule is C=C(F)/C=C\C(=C/C)c1ncn(CC(F)F)c1-c1ccc2nccn2c1. The molecule has 3 aromatic heterocycles. The van der Waals surface area contributed by atoms with Crippen molar-refractivity contribution in [1.82, 2.24) is 18.9 Å². The molecular weight excluding hydrogens is 341 g/mol. The van der Waals surface area contributed by atoms with E-state index in [1.165, 1.54) is 23.0 Å². The lowest BCUT2D eigenvalue weighted by atomic mass is 10.1. The topological polar surface area (TPSA) is 35.1 Å². The summed E-state index contributed by atoms with van der Waals surface area (Å²) < 4.78 is 42.2. The van der Waals surface area contributed by atoms with E-state index in [1.807, 2.05) is 0 Å². The minimum Gasteiger partial charge on any atom is -0.324 e. The van der Waals surface area contributed by atoms with E-state index in [0.29, 0.717) is 22.5 Å². The quantitative estimate of drug-likeness (QED) is 0.587. The first-order chi connectivity index (χ1) is 12.5. The van der Waals surface area contributed by atoms with E-state index in [2.05, 4.69) is 16.5 Å². The van der Waals surface area contributed by atoms with Crippen LogP contribution in [0.15, 0.2) is 67.7 Å². The van der Waals surface area contributed by atoms with E-state index >= 15 is 0 Å². The molecule has 0 atom stereocenters. The summed E-state index contributed by atoms with van der Waals surface area (Å²) in [5.74, 6) is -0.599. The van der Waals surface area contributed by atoms with Gasteiger partial charge in [0.15, 0.2) is 0 Å². The summed E-state index contributed by atoms with van der Waals surface area (Å²) in [4.78, 5) is 8.48. The second-order valence-electron chi connectivity index (χ2n) is 5.62. The van der Waals surface area contributed by atoms with Crippen molar-refractivity contribution < 1.29 is 13.2 Å². The van der Waals surface area contributed by atoms with Crippen molar-refractivity contribution in [2.45, 2.75) is 19.9 Å². The maximum Gasteiger partial charge on any atom is 0.256 e. The van der Waals surface area contributed by atoms with Crippen LogP contribution in [0.4, 0.5) is 13.2 Å². The number of nitrogens with zero attached hydrogens (tertiary/aromatic N) is 4. The van der Waals surface area contributed by atoms with Crippen LogP contribution in [0.1, 0.15) is 12.6 Å². The third-order valence-electron chi connectivity index (χ3n) is 3.86. The van der Waals surface area contributed by atoms with Crippen LogP contribution in [0.3, 0.4) is 0 Å². The highest BCUT2D eigenvalue weighted by molar-refractivity contribution is 5.82. The largest absolute Gasteiger partial charge is 0.324 e. The van der Waals surface area contributed by atoms with Gasteiger partial charge in [-0.2, -0.15) is 0 Å². The molecule has 0 fully saturated rings. The van der Waals surface area contributed by atoms with Crippen LogP contribution >= 0.6 is 0 Å². The normalized spacial score (nSPS) is 12.6. The van der Waals surface area contributed by atoms with Gasteiger partial charge in [0.05, 0.1) is 24.3 Å². The Morgan fingerprint density at radius 2 is 2.08 bits per heavy atom.